The van der Waals surface area contributed by atoms with Gasteiger partial charge in [0.25, 0.3) is 11.5 Å². The monoisotopic (exact) mass is 610 g/mol. The number of benzene rings is 2. The lowest BCUT2D eigenvalue weighted by atomic mass is 9.97. The molecule has 0 bridgehead atoms. The number of rotatable bonds is 8. The summed E-state index contributed by atoms with van der Waals surface area (Å²) < 4.78 is 1.39. The second kappa shape index (κ2) is 12.2. The first-order valence-corrected chi connectivity index (χ1v) is 13.6. The van der Waals surface area contributed by atoms with Crippen molar-refractivity contribution in [2.45, 2.75) is 25.5 Å². The number of fused-ring (bicyclic) bond motifs is 2. The standard InChI is InChI=1S/C27H24Cl2N8O5/c1-30-35-27(36-5-4-17(38)12-36)31-9-16(26(41)42)7-21(39)22-19(28)8-18-24(23(22)29)32-13-37(25(18)40)11-14-2-3-15-10-33-34-20(15)6-14/h2-3,6,8,10,13,16-17,38H,4-5,7,9,11-12H2,(H,31,35)(H,33,34)(H,41,42)/t16-,17-/m0/s1. The van der Waals surface area contributed by atoms with E-state index in [4.69, 9.17) is 29.8 Å². The Morgan fingerprint density at radius 3 is 2.83 bits per heavy atom. The fraction of sp³-hybridized carbons (Fsp3) is 0.296. The highest BCUT2D eigenvalue weighted by Gasteiger charge is 2.29. The normalized spacial score (nSPS) is 16.1. The lowest BCUT2D eigenvalue weighted by Crippen LogP contribution is -2.43. The summed E-state index contributed by atoms with van der Waals surface area (Å²) in [5.74, 6) is -3.02. The Kier molecular flexibility index (Phi) is 8.39. The van der Waals surface area contributed by atoms with E-state index < -0.39 is 35.8 Å². The largest absolute Gasteiger partial charge is 0.481 e. The number of carboxylic acid groups (broad SMARTS) is 1. The Morgan fingerprint density at radius 2 is 2.12 bits per heavy atom. The van der Waals surface area contributed by atoms with Crippen LogP contribution in [-0.2, 0) is 11.3 Å². The molecule has 3 heterocycles. The number of carboxylic acids is 1. The van der Waals surface area contributed by atoms with E-state index in [0.29, 0.717) is 13.0 Å². The number of nitrogens with one attached hydrogen (secondary N) is 2. The zero-order valence-electron chi connectivity index (χ0n) is 21.9. The number of carbonyl (C=O) groups excluding carboxylic acids is 1. The van der Waals surface area contributed by atoms with Crippen molar-refractivity contribution in [3.8, 4) is 0 Å². The van der Waals surface area contributed by atoms with E-state index in [2.05, 4.69) is 30.6 Å². The highest BCUT2D eigenvalue weighted by molar-refractivity contribution is 6.43. The van der Waals surface area contributed by atoms with Gasteiger partial charge in [-0.15, -0.1) is 4.95 Å². The number of halogens is 2. The van der Waals surface area contributed by atoms with Gasteiger partial charge in [0.15, 0.2) is 5.78 Å². The van der Waals surface area contributed by atoms with Crippen LogP contribution in [0, 0.1) is 12.5 Å². The van der Waals surface area contributed by atoms with Gasteiger partial charge < -0.3 is 20.4 Å². The van der Waals surface area contributed by atoms with Crippen molar-refractivity contribution in [3.63, 3.8) is 0 Å². The molecular weight excluding hydrogens is 587 g/mol. The average Bonchev–Trinajstić information content (AvgIpc) is 3.60. The maximum Gasteiger partial charge on any atom is 0.308 e. The summed E-state index contributed by atoms with van der Waals surface area (Å²) in [6.07, 6.45) is 2.45. The second-order valence-electron chi connectivity index (χ2n) is 9.87. The molecule has 4 aromatic rings. The number of H-pyrrole nitrogens is 1. The van der Waals surface area contributed by atoms with E-state index in [1.54, 1.807) is 11.1 Å². The predicted octanol–water partition coefficient (Wildman–Crippen LogP) is 2.75. The van der Waals surface area contributed by atoms with E-state index in [-0.39, 0.29) is 52.1 Å². The Balaban J connectivity index is 1.36. The SMILES string of the molecule is [C-]#[N+]/N=C(\NC[C@H](CC(=O)c1c(Cl)cc2c(=O)n(Cc3ccc4cn[nH]c4c3)cnc2c1Cl)C(=O)O)N1CC[C@H](O)C1. The summed E-state index contributed by atoms with van der Waals surface area (Å²) in [4.78, 5) is 47.5. The van der Waals surface area contributed by atoms with Gasteiger partial charge in [-0.1, -0.05) is 35.3 Å². The predicted molar refractivity (Wildman–Crippen MR) is 156 cm³/mol. The fourth-order valence-electron chi connectivity index (χ4n) is 4.86. The summed E-state index contributed by atoms with van der Waals surface area (Å²) in [5, 5.41) is 33.7. The zero-order valence-corrected chi connectivity index (χ0v) is 23.4. The maximum atomic E-state index is 13.3. The molecule has 0 unspecified atom stereocenters. The third-order valence-corrected chi connectivity index (χ3v) is 7.71. The van der Waals surface area contributed by atoms with Gasteiger partial charge in [0, 0.05) is 31.4 Å². The average molecular weight is 611 g/mol. The summed E-state index contributed by atoms with van der Waals surface area (Å²) in [7, 11) is 0. The molecule has 4 N–H and O–H groups in total. The number of aliphatic carboxylic acids is 1. The number of aliphatic hydroxyl groups is 1. The molecule has 1 saturated heterocycles. The lowest BCUT2D eigenvalue weighted by molar-refractivity contribution is -0.141. The number of β-amino-alcohol motifs (C(OH)–C–C–N with tert-alkyl or cyclic N) is 1. The van der Waals surface area contributed by atoms with Crippen LogP contribution in [-0.4, -0.2) is 78.3 Å². The molecule has 13 nitrogen and oxygen atoms in total. The van der Waals surface area contributed by atoms with Crippen LogP contribution in [0.3, 0.4) is 0 Å². The third-order valence-electron chi connectivity index (χ3n) is 7.04. The van der Waals surface area contributed by atoms with Crippen LogP contribution in [0.1, 0.15) is 28.8 Å². The first kappa shape index (κ1) is 29.0. The van der Waals surface area contributed by atoms with Gasteiger partial charge in [-0.25, -0.2) is 4.98 Å². The van der Waals surface area contributed by atoms with Gasteiger partial charge in [-0.2, -0.15) is 11.7 Å². The molecule has 0 aliphatic carbocycles. The van der Waals surface area contributed by atoms with Crippen LogP contribution < -0.4 is 10.9 Å². The Hall–Kier alpha value is -4.51. The summed E-state index contributed by atoms with van der Waals surface area (Å²) in [6, 6.07) is 6.94. The Bertz CT molecular complexity index is 1830. The van der Waals surface area contributed by atoms with Gasteiger partial charge in [0.1, 0.15) is 5.10 Å². The first-order valence-electron chi connectivity index (χ1n) is 12.8. The van der Waals surface area contributed by atoms with Gasteiger partial charge in [-0.05, 0) is 24.1 Å². The number of aliphatic hydroxyl groups excluding tert-OH is 1. The van der Waals surface area contributed by atoms with Crippen molar-refractivity contribution in [1.82, 2.24) is 30.0 Å². The molecule has 1 fully saturated rings. The van der Waals surface area contributed by atoms with E-state index >= 15 is 0 Å². The number of carbonyl (C=O) groups is 2. The van der Waals surface area contributed by atoms with Crippen LogP contribution >= 0.6 is 23.2 Å². The minimum atomic E-state index is -1.26. The molecule has 15 heteroatoms. The van der Waals surface area contributed by atoms with Crippen molar-refractivity contribution in [2.75, 3.05) is 19.6 Å². The van der Waals surface area contributed by atoms with Crippen molar-refractivity contribution < 1.29 is 19.8 Å². The summed E-state index contributed by atoms with van der Waals surface area (Å²) >= 11 is 13.0. The number of nitrogens with zero attached hydrogens (tertiary/aromatic N) is 6. The number of hydrogen-bond donors (Lipinski definition) is 4. The molecule has 2 aromatic heterocycles. The zero-order chi connectivity index (χ0) is 30.0. The molecule has 0 amide bonds. The van der Waals surface area contributed by atoms with Crippen molar-refractivity contribution in [2.24, 2.45) is 11.0 Å². The van der Waals surface area contributed by atoms with E-state index in [0.717, 1.165) is 16.5 Å². The van der Waals surface area contributed by atoms with Crippen LogP contribution in [0.2, 0.25) is 10.0 Å². The minimum absolute atomic E-state index is 0.0683. The molecule has 2 atom stereocenters. The Morgan fingerprint density at radius 1 is 1.31 bits per heavy atom. The van der Waals surface area contributed by atoms with E-state index in [1.165, 1.54) is 17.0 Å². The molecule has 42 heavy (non-hydrogen) atoms. The highest BCUT2D eigenvalue weighted by Crippen LogP contribution is 2.32. The molecule has 0 radical (unpaired) electrons. The van der Waals surface area contributed by atoms with Crippen LogP contribution in [0.4, 0.5) is 0 Å². The van der Waals surface area contributed by atoms with Gasteiger partial charge >= 0.3 is 5.97 Å². The molecule has 5 rings (SSSR count). The van der Waals surface area contributed by atoms with E-state index in [9.17, 15) is 24.6 Å². The number of guanidine groups is 1. The molecule has 0 spiro atoms. The second-order valence-corrected chi connectivity index (χ2v) is 10.7. The van der Waals surface area contributed by atoms with Crippen LogP contribution in [0.15, 0.2) is 46.7 Å². The van der Waals surface area contributed by atoms with Crippen molar-refractivity contribution in [3.05, 3.63) is 79.8 Å². The van der Waals surface area contributed by atoms with E-state index in [1.807, 2.05) is 18.2 Å². The third kappa shape index (κ3) is 5.91. The number of ketones is 1. The lowest BCUT2D eigenvalue weighted by Gasteiger charge is -2.20. The minimum Gasteiger partial charge on any atom is -0.481 e. The molecular formula is C27H24Cl2N8O5. The van der Waals surface area contributed by atoms with Crippen molar-refractivity contribution >= 4 is 62.7 Å². The van der Waals surface area contributed by atoms with Crippen LogP contribution in [0.25, 0.3) is 26.8 Å². The highest BCUT2D eigenvalue weighted by atomic mass is 35.5. The van der Waals surface area contributed by atoms with Gasteiger partial charge in [0.05, 0.1) is 63.1 Å². The number of hydrogen-bond acceptors (Lipinski definition) is 7. The molecule has 1 aliphatic heterocycles. The number of aromatic nitrogens is 4. The fourth-order valence-corrected chi connectivity index (χ4v) is 5.57. The van der Waals surface area contributed by atoms with Crippen LogP contribution in [0.5, 0.6) is 0 Å². The molecule has 0 saturated carbocycles. The van der Waals surface area contributed by atoms with Gasteiger partial charge in [0.2, 0.25) is 0 Å². The molecule has 216 valence electrons. The quantitative estimate of drug-likeness (QED) is 0.0769. The first-order chi connectivity index (χ1) is 20.2. The number of aromatic amines is 1. The summed E-state index contributed by atoms with van der Waals surface area (Å²) in [5.41, 5.74) is 1.17. The molecule has 2 aromatic carbocycles. The molecule has 1 aliphatic rings. The Labute approximate surface area is 248 Å². The number of likely N-dealkylation sites (tertiary alicyclic amines) is 1. The van der Waals surface area contributed by atoms with Crippen molar-refractivity contribution in [1.29, 1.82) is 0 Å². The maximum absolute atomic E-state index is 13.3. The van der Waals surface area contributed by atoms with Gasteiger partial charge in [-0.3, -0.25) is 24.0 Å². The number of Topliss-reactive ketones (excluding diaryl/α,β-unsaturated/α-hetero) is 1. The smallest absolute Gasteiger partial charge is 0.308 e. The topological polar surface area (TPSA) is 170 Å². The summed E-state index contributed by atoms with van der Waals surface area (Å²) in [6.45, 7) is 7.72.